The number of carbonyl (C=O) groups is 1. The summed E-state index contributed by atoms with van der Waals surface area (Å²) in [5.41, 5.74) is 6.14. The van der Waals surface area contributed by atoms with Gasteiger partial charge in [-0.3, -0.25) is 4.79 Å². The van der Waals surface area contributed by atoms with Gasteiger partial charge in [-0.1, -0.05) is 24.3 Å². The molecule has 132 valence electrons. The molecule has 2 N–H and O–H groups in total. The minimum absolute atomic E-state index is 0.242. The number of imidazole rings is 1. The average molecular weight is 349 g/mol. The SMILES string of the molecule is O=C(N/N=C/c1ccc(N2CCOCC2)cc1)c1nc2ccccc2[nH]1. The molecule has 0 radical (unpaired) electrons. The second-order valence-electron chi connectivity index (χ2n) is 5.99. The standard InChI is InChI=1S/C19H19N5O2/c25-19(18-21-16-3-1-2-4-17(16)22-18)23-20-13-14-5-7-15(8-6-14)24-9-11-26-12-10-24/h1-8,13H,9-12H2,(H,21,22)(H,23,25)/b20-13+. The summed E-state index contributed by atoms with van der Waals surface area (Å²) in [5, 5.41) is 4.01. The zero-order chi connectivity index (χ0) is 17.8. The molecule has 7 heteroatoms. The fourth-order valence-electron chi connectivity index (χ4n) is 2.87. The molecule has 0 bridgehead atoms. The first-order chi connectivity index (χ1) is 12.8. The van der Waals surface area contributed by atoms with E-state index in [4.69, 9.17) is 4.74 Å². The van der Waals surface area contributed by atoms with Crippen LogP contribution < -0.4 is 10.3 Å². The molecular formula is C19H19N5O2. The van der Waals surface area contributed by atoms with Crippen LogP contribution in [0.25, 0.3) is 11.0 Å². The molecule has 2 aromatic carbocycles. The second kappa shape index (κ2) is 7.37. The van der Waals surface area contributed by atoms with Gasteiger partial charge in [0.1, 0.15) is 0 Å². The largest absolute Gasteiger partial charge is 0.378 e. The Balaban J connectivity index is 1.37. The highest BCUT2D eigenvalue weighted by molar-refractivity contribution is 5.94. The minimum Gasteiger partial charge on any atom is -0.378 e. The lowest BCUT2D eigenvalue weighted by atomic mass is 10.2. The van der Waals surface area contributed by atoms with Gasteiger partial charge in [-0.25, -0.2) is 10.4 Å². The first kappa shape index (κ1) is 16.3. The number of aromatic nitrogens is 2. The molecule has 0 saturated carbocycles. The Kier molecular flexibility index (Phi) is 4.61. The Morgan fingerprint density at radius 1 is 1.15 bits per heavy atom. The molecule has 7 nitrogen and oxygen atoms in total. The van der Waals surface area contributed by atoms with Crippen LogP contribution >= 0.6 is 0 Å². The maximum absolute atomic E-state index is 12.1. The van der Waals surface area contributed by atoms with Crippen molar-refractivity contribution in [3.63, 3.8) is 0 Å². The van der Waals surface area contributed by atoms with Crippen LogP contribution in [-0.4, -0.2) is 48.4 Å². The number of carbonyl (C=O) groups excluding carboxylic acids is 1. The third-order valence-electron chi connectivity index (χ3n) is 4.25. The van der Waals surface area contributed by atoms with Gasteiger partial charge < -0.3 is 14.6 Å². The second-order valence-corrected chi connectivity index (χ2v) is 5.99. The molecule has 1 aliphatic rings. The summed E-state index contributed by atoms with van der Waals surface area (Å²) in [6.07, 6.45) is 1.61. The van der Waals surface area contributed by atoms with Gasteiger partial charge in [0.2, 0.25) is 0 Å². The predicted octanol–water partition coefficient (Wildman–Crippen LogP) is 2.16. The van der Waals surface area contributed by atoms with Gasteiger partial charge in [-0.2, -0.15) is 5.10 Å². The van der Waals surface area contributed by atoms with Crippen molar-refractivity contribution in [1.29, 1.82) is 0 Å². The van der Waals surface area contributed by atoms with Crippen molar-refractivity contribution in [3.05, 3.63) is 59.9 Å². The van der Waals surface area contributed by atoms with E-state index in [1.165, 1.54) is 0 Å². The van der Waals surface area contributed by atoms with E-state index in [0.29, 0.717) is 0 Å². The third kappa shape index (κ3) is 3.57. The third-order valence-corrected chi connectivity index (χ3v) is 4.25. The lowest BCUT2D eigenvalue weighted by molar-refractivity contribution is 0.0946. The number of hydrogen-bond donors (Lipinski definition) is 2. The van der Waals surface area contributed by atoms with E-state index in [9.17, 15) is 4.79 Å². The van der Waals surface area contributed by atoms with Crippen LogP contribution in [0.1, 0.15) is 16.2 Å². The Morgan fingerprint density at radius 3 is 2.69 bits per heavy atom. The topological polar surface area (TPSA) is 82.6 Å². The highest BCUT2D eigenvalue weighted by Crippen LogP contribution is 2.16. The Labute approximate surface area is 150 Å². The van der Waals surface area contributed by atoms with Gasteiger partial charge >= 0.3 is 5.91 Å². The number of anilines is 1. The summed E-state index contributed by atoms with van der Waals surface area (Å²) < 4.78 is 5.37. The van der Waals surface area contributed by atoms with Crippen LogP contribution in [-0.2, 0) is 4.74 Å². The van der Waals surface area contributed by atoms with E-state index in [2.05, 4.69) is 25.4 Å². The van der Waals surface area contributed by atoms with Gasteiger partial charge in [0.25, 0.3) is 0 Å². The Morgan fingerprint density at radius 2 is 1.92 bits per heavy atom. The van der Waals surface area contributed by atoms with Crippen molar-refractivity contribution >= 4 is 28.8 Å². The highest BCUT2D eigenvalue weighted by Gasteiger charge is 2.11. The fourth-order valence-corrected chi connectivity index (χ4v) is 2.87. The normalized spacial score (nSPS) is 14.8. The van der Waals surface area contributed by atoms with E-state index in [-0.39, 0.29) is 11.7 Å². The number of hydrazone groups is 1. The van der Waals surface area contributed by atoms with Crippen LogP contribution in [0.15, 0.2) is 53.6 Å². The summed E-state index contributed by atoms with van der Waals surface area (Å²) in [6, 6.07) is 15.5. The summed E-state index contributed by atoms with van der Waals surface area (Å²) in [7, 11) is 0. The number of fused-ring (bicyclic) bond motifs is 1. The Hall–Kier alpha value is -3.19. The monoisotopic (exact) mass is 349 g/mol. The van der Waals surface area contributed by atoms with Crippen LogP contribution in [0.4, 0.5) is 5.69 Å². The predicted molar refractivity (Wildman–Crippen MR) is 101 cm³/mol. The lowest BCUT2D eigenvalue weighted by Crippen LogP contribution is -2.36. The molecule has 0 atom stereocenters. The molecule has 1 aliphatic heterocycles. The molecule has 1 amide bonds. The van der Waals surface area contributed by atoms with Crippen molar-refractivity contribution in [3.8, 4) is 0 Å². The number of ether oxygens (including phenoxy) is 1. The number of nitrogens with zero attached hydrogens (tertiary/aromatic N) is 3. The summed E-state index contributed by atoms with van der Waals surface area (Å²) in [4.78, 5) is 21.6. The van der Waals surface area contributed by atoms with Gasteiger partial charge in [0.15, 0.2) is 5.82 Å². The van der Waals surface area contributed by atoms with Crippen molar-refractivity contribution in [1.82, 2.24) is 15.4 Å². The first-order valence-electron chi connectivity index (χ1n) is 8.50. The molecule has 3 aromatic rings. The number of H-pyrrole nitrogens is 1. The summed E-state index contributed by atoms with van der Waals surface area (Å²) >= 11 is 0. The number of hydrogen-bond acceptors (Lipinski definition) is 5. The van der Waals surface area contributed by atoms with Crippen LogP contribution in [0.2, 0.25) is 0 Å². The van der Waals surface area contributed by atoms with E-state index >= 15 is 0 Å². The van der Waals surface area contributed by atoms with E-state index in [1.807, 2.05) is 48.5 Å². The molecule has 0 aliphatic carbocycles. The van der Waals surface area contributed by atoms with Crippen molar-refractivity contribution in [2.45, 2.75) is 0 Å². The first-order valence-corrected chi connectivity index (χ1v) is 8.50. The summed E-state index contributed by atoms with van der Waals surface area (Å²) in [5.74, 6) is -0.131. The average Bonchev–Trinajstić information content (AvgIpc) is 3.13. The number of para-hydroxylation sites is 2. The molecule has 2 heterocycles. The van der Waals surface area contributed by atoms with Crippen LogP contribution in [0.3, 0.4) is 0 Å². The Bertz CT molecular complexity index is 894. The molecular weight excluding hydrogens is 330 g/mol. The smallest absolute Gasteiger partial charge is 0.307 e. The maximum Gasteiger partial charge on any atom is 0.307 e. The van der Waals surface area contributed by atoms with Gasteiger partial charge in [-0.15, -0.1) is 0 Å². The van der Waals surface area contributed by atoms with Crippen LogP contribution in [0, 0.1) is 0 Å². The van der Waals surface area contributed by atoms with E-state index in [1.54, 1.807) is 6.21 Å². The molecule has 0 spiro atoms. The van der Waals surface area contributed by atoms with Gasteiger partial charge in [0, 0.05) is 18.8 Å². The zero-order valence-corrected chi connectivity index (χ0v) is 14.2. The lowest BCUT2D eigenvalue weighted by Gasteiger charge is -2.28. The number of morpholine rings is 1. The molecule has 1 saturated heterocycles. The minimum atomic E-state index is -0.373. The summed E-state index contributed by atoms with van der Waals surface area (Å²) in [6.45, 7) is 3.33. The molecule has 0 unspecified atom stereocenters. The zero-order valence-electron chi connectivity index (χ0n) is 14.2. The molecule has 26 heavy (non-hydrogen) atoms. The number of nitrogens with one attached hydrogen (secondary N) is 2. The fraction of sp³-hybridized carbons (Fsp3) is 0.211. The molecule has 1 aromatic heterocycles. The van der Waals surface area contributed by atoms with Crippen LogP contribution in [0.5, 0.6) is 0 Å². The number of benzene rings is 2. The van der Waals surface area contributed by atoms with E-state index in [0.717, 1.165) is 48.6 Å². The van der Waals surface area contributed by atoms with Crippen molar-refractivity contribution in [2.24, 2.45) is 5.10 Å². The van der Waals surface area contributed by atoms with Gasteiger partial charge in [0.05, 0.1) is 30.5 Å². The van der Waals surface area contributed by atoms with Gasteiger partial charge in [-0.05, 0) is 29.8 Å². The molecule has 1 fully saturated rings. The number of aromatic amines is 1. The number of rotatable bonds is 4. The maximum atomic E-state index is 12.1. The van der Waals surface area contributed by atoms with E-state index < -0.39 is 0 Å². The van der Waals surface area contributed by atoms with Crippen molar-refractivity contribution in [2.75, 3.05) is 31.2 Å². The van der Waals surface area contributed by atoms with Crippen molar-refractivity contribution < 1.29 is 9.53 Å². The number of amides is 1. The molecule has 4 rings (SSSR count). The quantitative estimate of drug-likeness (QED) is 0.559. The highest BCUT2D eigenvalue weighted by atomic mass is 16.5.